The van der Waals surface area contributed by atoms with Crippen LogP contribution in [0.5, 0.6) is 5.75 Å². The van der Waals surface area contributed by atoms with Crippen LogP contribution in [0, 0.1) is 5.92 Å². The van der Waals surface area contributed by atoms with Crippen molar-refractivity contribution in [2.45, 2.75) is 13.8 Å². The van der Waals surface area contributed by atoms with Gasteiger partial charge in [0, 0.05) is 5.92 Å². The molecule has 0 unspecified atom stereocenters. The highest BCUT2D eigenvalue weighted by Crippen LogP contribution is 2.25. The second-order valence-electron chi connectivity index (χ2n) is 3.83. The van der Waals surface area contributed by atoms with Crippen molar-refractivity contribution < 1.29 is 19.4 Å². The highest BCUT2D eigenvalue weighted by atomic mass is 35.5. The first-order valence-corrected chi connectivity index (χ1v) is 5.48. The minimum Gasteiger partial charge on any atom is -0.507 e. The van der Waals surface area contributed by atoms with Crippen LogP contribution >= 0.6 is 11.6 Å². The van der Waals surface area contributed by atoms with Crippen LogP contribution in [0.1, 0.15) is 24.2 Å². The molecule has 0 fully saturated rings. The summed E-state index contributed by atoms with van der Waals surface area (Å²) in [5.41, 5.74) is -0.120. The third-order valence-corrected chi connectivity index (χ3v) is 2.50. The van der Waals surface area contributed by atoms with E-state index in [9.17, 15) is 14.7 Å². The number of rotatable bonds is 4. The van der Waals surface area contributed by atoms with Crippen LogP contribution in [0.2, 0.25) is 5.02 Å². The highest BCUT2D eigenvalue weighted by molar-refractivity contribution is 6.34. The van der Waals surface area contributed by atoms with Crippen molar-refractivity contribution in [2.75, 3.05) is 6.61 Å². The van der Waals surface area contributed by atoms with Crippen LogP contribution in [-0.2, 0) is 9.53 Å². The molecule has 0 amide bonds. The van der Waals surface area contributed by atoms with Crippen LogP contribution in [0.15, 0.2) is 18.2 Å². The molecule has 0 bridgehead atoms. The van der Waals surface area contributed by atoms with Gasteiger partial charge in [0.15, 0.2) is 12.4 Å². The average molecular weight is 257 g/mol. The van der Waals surface area contributed by atoms with Crippen LogP contribution in [0.3, 0.4) is 0 Å². The van der Waals surface area contributed by atoms with Gasteiger partial charge in [-0.3, -0.25) is 4.79 Å². The second-order valence-corrected chi connectivity index (χ2v) is 4.24. The van der Waals surface area contributed by atoms with Crippen LogP contribution in [0.4, 0.5) is 0 Å². The minimum absolute atomic E-state index is 0.0898. The fourth-order valence-corrected chi connectivity index (χ4v) is 1.34. The molecule has 5 heteroatoms. The summed E-state index contributed by atoms with van der Waals surface area (Å²) in [6.07, 6.45) is 0. The van der Waals surface area contributed by atoms with Gasteiger partial charge in [-0.1, -0.05) is 31.5 Å². The number of ketones is 1. The van der Waals surface area contributed by atoms with E-state index in [2.05, 4.69) is 0 Å². The standard InChI is InChI=1S/C12H13ClO4/c1-7(2)10(15)6-17-12(16)11-8(13)4-3-5-9(11)14/h3-5,7,14H,6H2,1-2H3. The van der Waals surface area contributed by atoms with Crippen molar-refractivity contribution in [3.05, 3.63) is 28.8 Å². The van der Waals surface area contributed by atoms with Gasteiger partial charge in [-0.05, 0) is 12.1 Å². The van der Waals surface area contributed by atoms with E-state index in [0.29, 0.717) is 0 Å². The molecule has 0 aliphatic heterocycles. The molecule has 0 spiro atoms. The fourth-order valence-electron chi connectivity index (χ4n) is 1.09. The number of hydrogen-bond acceptors (Lipinski definition) is 4. The number of benzene rings is 1. The maximum atomic E-state index is 11.6. The van der Waals surface area contributed by atoms with Crippen molar-refractivity contribution in [2.24, 2.45) is 5.92 Å². The summed E-state index contributed by atoms with van der Waals surface area (Å²) in [7, 11) is 0. The van der Waals surface area contributed by atoms with E-state index in [4.69, 9.17) is 16.3 Å². The number of esters is 1. The first-order valence-electron chi connectivity index (χ1n) is 5.10. The summed E-state index contributed by atoms with van der Waals surface area (Å²) in [6, 6.07) is 4.29. The van der Waals surface area contributed by atoms with Crippen molar-refractivity contribution in [3.8, 4) is 5.75 Å². The number of ether oxygens (including phenoxy) is 1. The molecule has 0 aliphatic carbocycles. The van der Waals surface area contributed by atoms with Crippen molar-refractivity contribution >= 4 is 23.4 Å². The zero-order chi connectivity index (χ0) is 13.0. The predicted octanol–water partition coefficient (Wildman–Crippen LogP) is 2.43. The Hall–Kier alpha value is -1.55. The Kier molecular flexibility index (Phi) is 4.52. The molecule has 0 radical (unpaired) electrons. The lowest BCUT2D eigenvalue weighted by atomic mass is 10.1. The molecule has 0 atom stereocenters. The summed E-state index contributed by atoms with van der Waals surface area (Å²) in [5.74, 6) is -1.46. The molecule has 0 heterocycles. The topological polar surface area (TPSA) is 63.6 Å². The number of carbonyl (C=O) groups is 2. The van der Waals surface area contributed by atoms with E-state index in [1.807, 2.05) is 0 Å². The molecule has 0 aromatic heterocycles. The number of phenolic OH excluding ortho intramolecular Hbond substituents is 1. The van der Waals surface area contributed by atoms with E-state index in [0.717, 1.165) is 0 Å². The molecule has 17 heavy (non-hydrogen) atoms. The molecular weight excluding hydrogens is 244 g/mol. The van der Waals surface area contributed by atoms with Gasteiger partial charge in [-0.15, -0.1) is 0 Å². The van der Waals surface area contributed by atoms with E-state index in [1.54, 1.807) is 13.8 Å². The van der Waals surface area contributed by atoms with Crippen LogP contribution < -0.4 is 0 Å². The minimum atomic E-state index is -0.804. The Bertz CT molecular complexity index is 420. The highest BCUT2D eigenvalue weighted by Gasteiger charge is 2.18. The number of Topliss-reactive ketones (excluding diaryl/α,β-unsaturated/α-hetero) is 1. The van der Waals surface area contributed by atoms with Gasteiger partial charge in [0.2, 0.25) is 0 Å². The lowest BCUT2D eigenvalue weighted by Gasteiger charge is -2.08. The van der Waals surface area contributed by atoms with Gasteiger partial charge in [-0.2, -0.15) is 0 Å². The van der Waals surface area contributed by atoms with Gasteiger partial charge in [0.25, 0.3) is 0 Å². The SMILES string of the molecule is CC(C)C(=O)COC(=O)c1c(O)cccc1Cl. The first-order chi connectivity index (χ1) is 7.93. The number of hydrogen-bond donors (Lipinski definition) is 1. The maximum absolute atomic E-state index is 11.6. The van der Waals surface area contributed by atoms with Crippen LogP contribution in [-0.4, -0.2) is 23.5 Å². The van der Waals surface area contributed by atoms with Gasteiger partial charge >= 0.3 is 5.97 Å². The third kappa shape index (κ3) is 3.46. The quantitative estimate of drug-likeness (QED) is 0.841. The Balaban J connectivity index is 2.74. The fraction of sp³-hybridized carbons (Fsp3) is 0.333. The molecule has 1 rings (SSSR count). The van der Waals surface area contributed by atoms with E-state index in [-0.39, 0.29) is 34.6 Å². The Labute approximate surface area is 104 Å². The molecule has 1 aromatic rings. The summed E-state index contributed by atoms with van der Waals surface area (Å²) in [5, 5.41) is 9.56. The summed E-state index contributed by atoms with van der Waals surface area (Å²) < 4.78 is 4.78. The molecule has 1 aromatic carbocycles. The summed E-state index contributed by atoms with van der Waals surface area (Å²) in [6.45, 7) is 3.10. The molecule has 0 saturated heterocycles. The molecule has 4 nitrogen and oxygen atoms in total. The zero-order valence-electron chi connectivity index (χ0n) is 9.57. The third-order valence-electron chi connectivity index (χ3n) is 2.19. The first kappa shape index (κ1) is 13.5. The lowest BCUT2D eigenvalue weighted by molar-refractivity contribution is -0.125. The normalized spacial score (nSPS) is 10.4. The smallest absolute Gasteiger partial charge is 0.343 e. The molecule has 1 N–H and O–H groups in total. The van der Waals surface area contributed by atoms with Gasteiger partial charge in [-0.25, -0.2) is 4.79 Å². The Morgan fingerprint density at radius 1 is 1.41 bits per heavy atom. The Morgan fingerprint density at radius 2 is 2.06 bits per heavy atom. The Morgan fingerprint density at radius 3 is 2.59 bits per heavy atom. The number of phenols is 1. The monoisotopic (exact) mass is 256 g/mol. The number of aromatic hydroxyl groups is 1. The molecule has 0 aliphatic rings. The van der Waals surface area contributed by atoms with E-state index in [1.165, 1.54) is 18.2 Å². The molecule has 0 saturated carbocycles. The largest absolute Gasteiger partial charge is 0.507 e. The summed E-state index contributed by atoms with van der Waals surface area (Å²) >= 11 is 5.76. The van der Waals surface area contributed by atoms with Gasteiger partial charge < -0.3 is 9.84 Å². The second kappa shape index (κ2) is 5.68. The lowest BCUT2D eigenvalue weighted by Crippen LogP contribution is -2.18. The van der Waals surface area contributed by atoms with Crippen molar-refractivity contribution in [1.29, 1.82) is 0 Å². The molecular formula is C12H13ClO4. The van der Waals surface area contributed by atoms with Crippen molar-refractivity contribution in [3.63, 3.8) is 0 Å². The van der Waals surface area contributed by atoms with Gasteiger partial charge in [0.05, 0.1) is 5.02 Å². The van der Waals surface area contributed by atoms with Crippen LogP contribution in [0.25, 0.3) is 0 Å². The summed E-state index contributed by atoms with van der Waals surface area (Å²) in [4.78, 5) is 22.9. The maximum Gasteiger partial charge on any atom is 0.343 e. The number of halogens is 1. The van der Waals surface area contributed by atoms with E-state index < -0.39 is 5.97 Å². The average Bonchev–Trinajstić information content (AvgIpc) is 2.25. The van der Waals surface area contributed by atoms with Gasteiger partial charge in [0.1, 0.15) is 11.3 Å². The predicted molar refractivity (Wildman–Crippen MR) is 63.2 cm³/mol. The molecule has 92 valence electrons. The zero-order valence-corrected chi connectivity index (χ0v) is 10.3. The van der Waals surface area contributed by atoms with Crippen molar-refractivity contribution in [1.82, 2.24) is 0 Å². The van der Waals surface area contributed by atoms with E-state index >= 15 is 0 Å². The number of carbonyl (C=O) groups excluding carboxylic acids is 2.